The monoisotopic (exact) mass is 491 g/mol. The summed E-state index contributed by atoms with van der Waals surface area (Å²) in [6.07, 6.45) is 1.37. The Morgan fingerprint density at radius 2 is 1.83 bits per heavy atom. The van der Waals surface area contributed by atoms with E-state index < -0.39 is 11.7 Å². The second kappa shape index (κ2) is 9.79. The highest BCUT2D eigenvalue weighted by Gasteiger charge is 2.38. The van der Waals surface area contributed by atoms with E-state index in [1.807, 2.05) is 12.1 Å². The zero-order valence-electron chi connectivity index (χ0n) is 20.2. The molecule has 0 aliphatic carbocycles. The minimum absolute atomic E-state index is 0.190. The van der Waals surface area contributed by atoms with Gasteiger partial charge in [-0.05, 0) is 80.9 Å². The average Bonchev–Trinajstić information content (AvgIpc) is 2.84. The van der Waals surface area contributed by atoms with Crippen LogP contribution in [0.4, 0.5) is 17.6 Å². The van der Waals surface area contributed by atoms with Crippen LogP contribution in [0.1, 0.15) is 60.9 Å². The molecule has 1 aromatic heterocycles. The summed E-state index contributed by atoms with van der Waals surface area (Å²) in [4.78, 5) is 8.81. The van der Waals surface area contributed by atoms with Crippen molar-refractivity contribution < 1.29 is 22.3 Å². The highest BCUT2D eigenvalue weighted by atomic mass is 19.4. The third kappa shape index (κ3) is 5.70. The predicted molar refractivity (Wildman–Crippen MR) is 126 cm³/mol. The van der Waals surface area contributed by atoms with Gasteiger partial charge in [0.2, 0.25) is 0 Å². The van der Waals surface area contributed by atoms with Crippen LogP contribution in [0.15, 0.2) is 36.5 Å². The maximum atomic E-state index is 13.2. The summed E-state index contributed by atoms with van der Waals surface area (Å²) in [6.45, 7) is 6.82. The van der Waals surface area contributed by atoms with Gasteiger partial charge in [0.15, 0.2) is 0 Å². The van der Waals surface area contributed by atoms with Gasteiger partial charge in [-0.25, -0.2) is 4.39 Å². The Labute approximate surface area is 204 Å². The number of likely N-dealkylation sites (tertiary alicyclic amines) is 1. The van der Waals surface area contributed by atoms with Crippen LogP contribution in [0, 0.1) is 5.82 Å². The minimum atomic E-state index is -4.37. The summed E-state index contributed by atoms with van der Waals surface area (Å²) >= 11 is 0. The first kappa shape index (κ1) is 24.7. The number of ether oxygens (including phenoxy) is 1. The summed E-state index contributed by atoms with van der Waals surface area (Å²) in [7, 11) is 0. The van der Waals surface area contributed by atoms with Crippen molar-refractivity contribution >= 4 is 0 Å². The fourth-order valence-corrected chi connectivity index (χ4v) is 5.92. The van der Waals surface area contributed by atoms with Crippen molar-refractivity contribution in [2.75, 3.05) is 32.8 Å². The summed E-state index contributed by atoms with van der Waals surface area (Å²) in [5, 5.41) is 0. The van der Waals surface area contributed by atoms with E-state index in [9.17, 15) is 17.6 Å². The number of alkyl halides is 3. The van der Waals surface area contributed by atoms with Gasteiger partial charge in [0.05, 0.1) is 17.8 Å². The standard InChI is InChI=1S/C27H33F4N3O/c1-26(18-33-11-9-25-21(16-33)14-22(15-32-25)27(29,30)31)10-6-24(17-35-26)34-12-7-20(8-13-34)19-2-4-23(28)5-3-19/h2-5,14-15,20,24H,6-13,16-18H2,1H3/t24?,26-/m1/s1. The van der Waals surface area contributed by atoms with E-state index in [0.29, 0.717) is 43.6 Å². The van der Waals surface area contributed by atoms with Gasteiger partial charge in [0.25, 0.3) is 0 Å². The largest absolute Gasteiger partial charge is 0.417 e. The van der Waals surface area contributed by atoms with Crippen molar-refractivity contribution in [2.45, 2.75) is 69.3 Å². The number of halogens is 4. The van der Waals surface area contributed by atoms with Crippen LogP contribution in [0.3, 0.4) is 0 Å². The van der Waals surface area contributed by atoms with Crippen LogP contribution >= 0.6 is 0 Å². The molecule has 0 bridgehead atoms. The van der Waals surface area contributed by atoms with Crippen LogP contribution in [0.25, 0.3) is 0 Å². The number of rotatable bonds is 4. The van der Waals surface area contributed by atoms with Crippen molar-refractivity contribution in [3.8, 4) is 0 Å². The maximum Gasteiger partial charge on any atom is 0.417 e. The molecule has 0 radical (unpaired) electrons. The predicted octanol–water partition coefficient (Wildman–Crippen LogP) is 5.41. The van der Waals surface area contributed by atoms with Crippen LogP contribution in [0.2, 0.25) is 0 Å². The Kier molecular flexibility index (Phi) is 6.90. The number of benzene rings is 1. The number of fused-ring (bicyclic) bond motifs is 1. The first-order valence-corrected chi connectivity index (χ1v) is 12.6. The van der Waals surface area contributed by atoms with Crippen molar-refractivity contribution in [3.05, 3.63) is 64.7 Å². The van der Waals surface area contributed by atoms with Gasteiger partial charge >= 0.3 is 6.18 Å². The highest BCUT2D eigenvalue weighted by Crippen LogP contribution is 2.35. The zero-order valence-corrected chi connectivity index (χ0v) is 20.2. The highest BCUT2D eigenvalue weighted by molar-refractivity contribution is 5.29. The van der Waals surface area contributed by atoms with E-state index in [4.69, 9.17) is 4.74 Å². The molecular formula is C27H33F4N3O. The molecule has 0 N–H and O–H groups in total. The lowest BCUT2D eigenvalue weighted by Gasteiger charge is -2.46. The van der Waals surface area contributed by atoms with Crippen molar-refractivity contribution in [1.29, 1.82) is 0 Å². The smallest absolute Gasteiger partial charge is 0.372 e. The second-order valence-electron chi connectivity index (χ2n) is 10.6. The molecule has 1 aromatic carbocycles. The number of piperidine rings is 1. The van der Waals surface area contributed by atoms with Gasteiger partial charge in [-0.1, -0.05) is 12.1 Å². The van der Waals surface area contributed by atoms with Crippen LogP contribution < -0.4 is 0 Å². The molecule has 4 heterocycles. The normalized spacial score (nSPS) is 27.1. The lowest BCUT2D eigenvalue weighted by molar-refractivity contribution is -0.138. The maximum absolute atomic E-state index is 13.2. The van der Waals surface area contributed by atoms with Crippen LogP contribution in [0.5, 0.6) is 0 Å². The van der Waals surface area contributed by atoms with E-state index in [1.165, 1.54) is 11.6 Å². The molecule has 0 saturated carbocycles. The number of hydrogen-bond donors (Lipinski definition) is 0. The lowest BCUT2D eigenvalue weighted by Crippen LogP contribution is -2.53. The topological polar surface area (TPSA) is 28.6 Å². The second-order valence-corrected chi connectivity index (χ2v) is 10.6. The van der Waals surface area contributed by atoms with Crippen molar-refractivity contribution in [3.63, 3.8) is 0 Å². The molecule has 190 valence electrons. The molecule has 35 heavy (non-hydrogen) atoms. The molecule has 4 nitrogen and oxygen atoms in total. The Bertz CT molecular complexity index is 1010. The Morgan fingerprint density at radius 1 is 1.09 bits per heavy atom. The molecule has 0 amide bonds. The molecule has 3 aliphatic heterocycles. The third-order valence-electron chi connectivity index (χ3n) is 8.02. The molecule has 5 rings (SSSR count). The number of pyridine rings is 1. The van der Waals surface area contributed by atoms with Gasteiger partial charge in [-0.2, -0.15) is 13.2 Å². The SMILES string of the molecule is C[C@]1(CN2CCc3ncc(C(F)(F)F)cc3C2)CCC(N2CCC(c3ccc(F)cc3)CC2)CO1. The van der Waals surface area contributed by atoms with Crippen molar-refractivity contribution in [2.24, 2.45) is 0 Å². The minimum Gasteiger partial charge on any atom is -0.372 e. The Hall–Kier alpha value is -2.03. The molecule has 2 saturated heterocycles. The summed E-state index contributed by atoms with van der Waals surface area (Å²) in [6, 6.07) is 8.56. The fraction of sp³-hybridized carbons (Fsp3) is 0.593. The van der Waals surface area contributed by atoms with Gasteiger partial charge in [-0.3, -0.25) is 14.8 Å². The molecule has 3 aliphatic rings. The van der Waals surface area contributed by atoms with E-state index >= 15 is 0 Å². The first-order chi connectivity index (χ1) is 16.7. The zero-order chi connectivity index (χ0) is 24.6. The first-order valence-electron chi connectivity index (χ1n) is 12.6. The van der Waals surface area contributed by atoms with Gasteiger partial charge in [0, 0.05) is 44.0 Å². The third-order valence-corrected chi connectivity index (χ3v) is 8.02. The Balaban J connectivity index is 1.12. The van der Waals surface area contributed by atoms with Crippen molar-refractivity contribution in [1.82, 2.24) is 14.8 Å². The average molecular weight is 492 g/mol. The quantitative estimate of drug-likeness (QED) is 0.535. The van der Waals surface area contributed by atoms with E-state index in [2.05, 4.69) is 21.7 Å². The van der Waals surface area contributed by atoms with Crippen LogP contribution in [-0.4, -0.2) is 59.2 Å². The lowest BCUT2D eigenvalue weighted by atomic mass is 9.87. The van der Waals surface area contributed by atoms with E-state index in [0.717, 1.165) is 57.2 Å². The number of nitrogens with zero attached hydrogens (tertiary/aromatic N) is 3. The summed E-state index contributed by atoms with van der Waals surface area (Å²) in [5.74, 6) is 0.293. The van der Waals surface area contributed by atoms with E-state index in [1.54, 1.807) is 12.1 Å². The van der Waals surface area contributed by atoms with Crippen LogP contribution in [-0.2, 0) is 23.9 Å². The molecular weight excluding hydrogens is 458 g/mol. The molecule has 8 heteroatoms. The summed E-state index contributed by atoms with van der Waals surface area (Å²) in [5.41, 5.74) is 1.69. The van der Waals surface area contributed by atoms with Gasteiger partial charge in [0.1, 0.15) is 5.82 Å². The number of aromatic nitrogens is 1. The molecule has 0 spiro atoms. The molecule has 2 fully saturated rings. The van der Waals surface area contributed by atoms with Gasteiger partial charge in [-0.15, -0.1) is 0 Å². The Morgan fingerprint density at radius 3 is 2.49 bits per heavy atom. The van der Waals surface area contributed by atoms with Gasteiger partial charge < -0.3 is 4.74 Å². The number of hydrogen-bond acceptors (Lipinski definition) is 4. The molecule has 1 unspecified atom stereocenters. The fourth-order valence-electron chi connectivity index (χ4n) is 5.92. The summed E-state index contributed by atoms with van der Waals surface area (Å²) < 4.78 is 59.0. The van der Waals surface area contributed by atoms with E-state index in [-0.39, 0.29) is 11.4 Å². The molecule has 2 aromatic rings. The molecule has 2 atom stereocenters.